The Labute approximate surface area is 148 Å². The van der Waals surface area contributed by atoms with Crippen LogP contribution in [0.3, 0.4) is 0 Å². The van der Waals surface area contributed by atoms with Crippen molar-refractivity contribution >= 4 is 16.8 Å². The van der Waals surface area contributed by atoms with E-state index in [9.17, 15) is 4.21 Å². The summed E-state index contributed by atoms with van der Waals surface area (Å²) in [5.41, 5.74) is 0. The highest BCUT2D eigenvalue weighted by atomic mass is 32.2. The van der Waals surface area contributed by atoms with E-state index < -0.39 is 10.8 Å². The third-order valence-electron chi connectivity index (χ3n) is 3.67. The zero-order valence-electron chi connectivity index (χ0n) is 14.8. The summed E-state index contributed by atoms with van der Waals surface area (Å²) >= 11 is 0. The van der Waals surface area contributed by atoms with Crippen molar-refractivity contribution in [2.24, 2.45) is 10.9 Å². The molecule has 0 fully saturated rings. The molecule has 0 aromatic heterocycles. The number of aliphatic imine (C=N–C) groups is 1. The molecule has 0 bridgehead atoms. The van der Waals surface area contributed by atoms with Gasteiger partial charge in [-0.3, -0.25) is 9.20 Å². The van der Waals surface area contributed by atoms with E-state index in [1.807, 2.05) is 37.3 Å². The number of nitrogens with one attached hydrogen (secondary N) is 2. The topological polar surface area (TPSA) is 73.7 Å². The first-order valence-electron chi connectivity index (χ1n) is 8.77. The van der Waals surface area contributed by atoms with Gasteiger partial charge in [0.15, 0.2) is 5.96 Å². The predicted octanol–water partition coefficient (Wildman–Crippen LogP) is 2.15. The summed E-state index contributed by atoms with van der Waals surface area (Å²) in [6.07, 6.45) is 2.95. The van der Waals surface area contributed by atoms with Crippen LogP contribution in [0.15, 0.2) is 40.2 Å². The monoisotopic (exact) mass is 353 g/mol. The Bertz CT molecular complexity index is 488. The Hall–Kier alpha value is -1.40. The molecule has 0 spiro atoms. The predicted molar refractivity (Wildman–Crippen MR) is 102 cm³/mol. The zero-order valence-corrected chi connectivity index (χ0v) is 15.6. The van der Waals surface area contributed by atoms with E-state index >= 15 is 0 Å². The van der Waals surface area contributed by atoms with Crippen molar-refractivity contribution in [3.8, 4) is 0 Å². The van der Waals surface area contributed by atoms with Crippen molar-refractivity contribution in [2.45, 2.75) is 38.0 Å². The van der Waals surface area contributed by atoms with Crippen LogP contribution in [0, 0.1) is 5.92 Å². The molecule has 6 heteroatoms. The van der Waals surface area contributed by atoms with Crippen molar-refractivity contribution in [1.82, 2.24) is 10.6 Å². The lowest BCUT2D eigenvalue weighted by molar-refractivity contribution is 0.253. The van der Waals surface area contributed by atoms with Crippen LogP contribution in [0.1, 0.15) is 33.1 Å². The van der Waals surface area contributed by atoms with E-state index in [2.05, 4.69) is 22.5 Å². The largest absolute Gasteiger partial charge is 0.396 e. The van der Waals surface area contributed by atoms with Crippen molar-refractivity contribution in [2.75, 3.05) is 32.0 Å². The minimum atomic E-state index is -1.00. The van der Waals surface area contributed by atoms with E-state index in [1.54, 1.807) is 0 Å². The van der Waals surface area contributed by atoms with E-state index in [4.69, 9.17) is 5.11 Å². The minimum Gasteiger partial charge on any atom is -0.396 e. The van der Waals surface area contributed by atoms with Gasteiger partial charge in [0.1, 0.15) is 0 Å². The van der Waals surface area contributed by atoms with Gasteiger partial charge in [-0.05, 0) is 37.8 Å². The van der Waals surface area contributed by atoms with Crippen molar-refractivity contribution in [3.05, 3.63) is 30.3 Å². The summed E-state index contributed by atoms with van der Waals surface area (Å²) in [7, 11) is -1.00. The molecule has 1 rings (SSSR count). The molecule has 0 aliphatic heterocycles. The number of hydrogen-bond donors (Lipinski definition) is 3. The second-order valence-corrected chi connectivity index (χ2v) is 7.25. The molecule has 3 N–H and O–H groups in total. The second-order valence-electron chi connectivity index (χ2n) is 5.68. The maximum Gasteiger partial charge on any atom is 0.191 e. The van der Waals surface area contributed by atoms with Crippen molar-refractivity contribution < 1.29 is 9.32 Å². The maximum absolute atomic E-state index is 12.2. The molecule has 136 valence electrons. The van der Waals surface area contributed by atoms with Gasteiger partial charge >= 0.3 is 0 Å². The average Bonchev–Trinajstić information content (AvgIpc) is 2.60. The van der Waals surface area contributed by atoms with Crippen LogP contribution < -0.4 is 10.6 Å². The van der Waals surface area contributed by atoms with Gasteiger partial charge < -0.3 is 15.7 Å². The average molecular weight is 354 g/mol. The molecule has 0 saturated heterocycles. The third kappa shape index (κ3) is 8.45. The first kappa shape index (κ1) is 20.6. The fourth-order valence-electron chi connectivity index (χ4n) is 2.43. The van der Waals surface area contributed by atoms with E-state index in [-0.39, 0.29) is 6.61 Å². The molecule has 2 unspecified atom stereocenters. The number of hydrogen-bond acceptors (Lipinski definition) is 3. The fourth-order valence-corrected chi connectivity index (χ4v) is 3.42. The molecular weight excluding hydrogens is 322 g/mol. The summed E-state index contributed by atoms with van der Waals surface area (Å²) in [4.78, 5) is 5.46. The first-order valence-corrected chi connectivity index (χ1v) is 10.1. The number of benzene rings is 1. The Morgan fingerprint density at radius 3 is 2.58 bits per heavy atom. The highest BCUT2D eigenvalue weighted by Crippen LogP contribution is 2.11. The number of aliphatic hydroxyl groups is 1. The zero-order chi connectivity index (χ0) is 17.6. The fraction of sp³-hybridized carbons (Fsp3) is 0.611. The Balaban J connectivity index is 2.46. The molecule has 0 aliphatic rings. The summed E-state index contributed by atoms with van der Waals surface area (Å²) < 4.78 is 12.2. The van der Waals surface area contributed by atoms with Gasteiger partial charge in [0.05, 0.1) is 10.8 Å². The number of guanidine groups is 1. The molecular formula is C18H31N3O2S. The molecule has 0 aliphatic carbocycles. The molecule has 0 radical (unpaired) electrons. The van der Waals surface area contributed by atoms with Crippen LogP contribution >= 0.6 is 0 Å². The molecule has 0 heterocycles. The first-order chi connectivity index (χ1) is 11.7. The van der Waals surface area contributed by atoms with Gasteiger partial charge in [-0.2, -0.15) is 0 Å². The SMILES string of the molecule is CCCC(CCO)CN=C(NCC)NCCS(=O)c1ccccc1. The molecule has 1 aromatic rings. The molecule has 1 aromatic carbocycles. The van der Waals surface area contributed by atoms with Crippen LogP contribution in [-0.2, 0) is 10.8 Å². The van der Waals surface area contributed by atoms with Crippen LogP contribution in [-0.4, -0.2) is 47.3 Å². The Morgan fingerprint density at radius 1 is 1.21 bits per heavy atom. The van der Waals surface area contributed by atoms with E-state index in [0.29, 0.717) is 24.8 Å². The Morgan fingerprint density at radius 2 is 1.96 bits per heavy atom. The van der Waals surface area contributed by atoms with Crippen molar-refractivity contribution in [1.29, 1.82) is 0 Å². The van der Waals surface area contributed by atoms with Gasteiger partial charge in [-0.15, -0.1) is 0 Å². The summed E-state index contributed by atoms with van der Waals surface area (Å²) in [5.74, 6) is 1.71. The van der Waals surface area contributed by atoms with Crippen LogP contribution in [0.4, 0.5) is 0 Å². The van der Waals surface area contributed by atoms with Gasteiger partial charge in [-0.1, -0.05) is 31.5 Å². The molecule has 0 saturated carbocycles. The van der Waals surface area contributed by atoms with Crippen LogP contribution in [0.5, 0.6) is 0 Å². The van der Waals surface area contributed by atoms with Crippen molar-refractivity contribution in [3.63, 3.8) is 0 Å². The highest BCUT2D eigenvalue weighted by molar-refractivity contribution is 7.85. The van der Waals surface area contributed by atoms with Gasteiger partial charge in [0.2, 0.25) is 0 Å². The summed E-state index contributed by atoms with van der Waals surface area (Å²) in [6.45, 7) is 6.47. The minimum absolute atomic E-state index is 0.209. The van der Waals surface area contributed by atoms with Gasteiger partial charge in [0.25, 0.3) is 0 Å². The Kier molecular flexibility index (Phi) is 11.1. The van der Waals surface area contributed by atoms with E-state index in [0.717, 1.165) is 36.7 Å². The lowest BCUT2D eigenvalue weighted by Gasteiger charge is -2.15. The van der Waals surface area contributed by atoms with Gasteiger partial charge in [-0.25, -0.2) is 0 Å². The second kappa shape index (κ2) is 13.0. The standard InChI is InChI=1S/C18H31N3O2S/c1-3-8-16(11-13-22)15-21-18(19-4-2)20-12-14-24(23)17-9-6-5-7-10-17/h5-7,9-10,16,22H,3-4,8,11-15H2,1-2H3,(H2,19,20,21). The lowest BCUT2D eigenvalue weighted by atomic mass is 10.0. The quantitative estimate of drug-likeness (QED) is 0.421. The molecule has 5 nitrogen and oxygen atoms in total. The van der Waals surface area contributed by atoms with E-state index in [1.165, 1.54) is 0 Å². The molecule has 2 atom stereocenters. The molecule has 0 amide bonds. The van der Waals surface area contributed by atoms with Crippen LogP contribution in [0.2, 0.25) is 0 Å². The molecule has 24 heavy (non-hydrogen) atoms. The van der Waals surface area contributed by atoms with Crippen LogP contribution in [0.25, 0.3) is 0 Å². The summed E-state index contributed by atoms with van der Waals surface area (Å²) in [6, 6.07) is 9.51. The number of aliphatic hydroxyl groups excluding tert-OH is 1. The highest BCUT2D eigenvalue weighted by Gasteiger charge is 2.08. The summed E-state index contributed by atoms with van der Waals surface area (Å²) in [5, 5.41) is 15.6. The third-order valence-corrected chi connectivity index (χ3v) is 5.04. The lowest BCUT2D eigenvalue weighted by Crippen LogP contribution is -2.39. The smallest absolute Gasteiger partial charge is 0.191 e. The van der Waals surface area contributed by atoms with Gasteiger partial charge in [0, 0.05) is 36.9 Å². The number of rotatable bonds is 11. The normalized spacial score (nSPS) is 14.2. The number of nitrogens with zero attached hydrogens (tertiary/aromatic N) is 1. The maximum atomic E-state index is 12.2.